The van der Waals surface area contributed by atoms with Crippen molar-refractivity contribution in [3.63, 3.8) is 0 Å². The highest BCUT2D eigenvalue weighted by atomic mass is 16.1. The van der Waals surface area contributed by atoms with Crippen molar-refractivity contribution in [2.24, 2.45) is 22.2 Å². The molecule has 0 amide bonds. The number of carbonyl (C=O) groups is 3. The van der Waals surface area contributed by atoms with Gasteiger partial charge in [-0.15, -0.1) is 0 Å². The van der Waals surface area contributed by atoms with Crippen LogP contribution in [0.1, 0.15) is 109 Å². The van der Waals surface area contributed by atoms with Crippen molar-refractivity contribution >= 4 is 17.3 Å². The summed E-state index contributed by atoms with van der Waals surface area (Å²) in [4.78, 5) is 42.0. The van der Waals surface area contributed by atoms with E-state index in [9.17, 15) is 14.4 Å². The molecule has 2 atom stereocenters. The van der Waals surface area contributed by atoms with Gasteiger partial charge in [-0.3, -0.25) is 19.3 Å². The molecular weight excluding hydrogens is 412 g/mol. The molecule has 33 heavy (non-hydrogen) atoms. The van der Waals surface area contributed by atoms with Crippen molar-refractivity contribution in [3.05, 3.63) is 0 Å². The Morgan fingerprint density at radius 2 is 1.21 bits per heavy atom. The molecule has 194 valence electrons. The van der Waals surface area contributed by atoms with E-state index in [1.54, 1.807) is 0 Å². The third-order valence-electron chi connectivity index (χ3n) is 6.59. The molecule has 2 unspecified atom stereocenters. The average molecular weight is 467 g/mol. The number of ketones is 3. The van der Waals surface area contributed by atoms with Crippen molar-refractivity contribution in [3.8, 4) is 0 Å². The summed E-state index contributed by atoms with van der Waals surface area (Å²) in [5, 5.41) is 3.61. The number of nitrogens with zero attached hydrogens (tertiary/aromatic N) is 1. The molecule has 0 heterocycles. The first-order valence-corrected chi connectivity index (χ1v) is 12.8. The summed E-state index contributed by atoms with van der Waals surface area (Å²) in [5.41, 5.74) is -1.71. The summed E-state index contributed by atoms with van der Waals surface area (Å²) in [6.45, 7) is 27.2. The van der Waals surface area contributed by atoms with Gasteiger partial charge in [-0.05, 0) is 45.1 Å². The first kappa shape index (κ1) is 31.9. The van der Waals surface area contributed by atoms with E-state index in [1.807, 2.05) is 60.3 Å². The molecule has 0 aliphatic carbocycles. The van der Waals surface area contributed by atoms with Crippen molar-refractivity contribution in [2.45, 2.75) is 121 Å². The molecule has 0 radical (unpaired) electrons. The van der Waals surface area contributed by atoms with Crippen molar-refractivity contribution in [2.75, 3.05) is 19.6 Å². The lowest BCUT2D eigenvalue weighted by Crippen LogP contribution is -2.58. The van der Waals surface area contributed by atoms with Crippen LogP contribution < -0.4 is 5.32 Å². The van der Waals surface area contributed by atoms with E-state index >= 15 is 0 Å². The molecule has 0 aromatic rings. The maximum Gasteiger partial charge on any atom is 0.153 e. The summed E-state index contributed by atoms with van der Waals surface area (Å²) in [5.74, 6) is 0.0748. The molecule has 0 rings (SSSR count). The predicted octanol–water partition coefficient (Wildman–Crippen LogP) is 5.70. The highest BCUT2D eigenvalue weighted by molar-refractivity contribution is 5.92. The maximum atomic E-state index is 13.8. The summed E-state index contributed by atoms with van der Waals surface area (Å²) in [6.07, 6.45) is 2.51. The molecule has 0 saturated heterocycles. The molecule has 1 N–H and O–H groups in total. The standard InChI is InChI=1S/C28H54N2O3/c1-14-16-29-28(12,13)19-27(10,11)24(23(33)20(3)15-2)30(17-21(31)25(4,5)6)18-22(32)26(7,8)9/h20,24,29H,14-19H2,1-13H3. The zero-order valence-corrected chi connectivity index (χ0v) is 24.1. The summed E-state index contributed by atoms with van der Waals surface area (Å²) < 4.78 is 0. The Morgan fingerprint density at radius 1 is 0.788 bits per heavy atom. The van der Waals surface area contributed by atoms with Gasteiger partial charge in [0.2, 0.25) is 0 Å². The van der Waals surface area contributed by atoms with Gasteiger partial charge >= 0.3 is 0 Å². The Kier molecular flexibility index (Phi) is 11.7. The summed E-state index contributed by atoms with van der Waals surface area (Å²) >= 11 is 0. The molecule has 0 saturated carbocycles. The average Bonchev–Trinajstić information content (AvgIpc) is 2.62. The third kappa shape index (κ3) is 10.4. The molecule has 5 heteroatoms. The predicted molar refractivity (Wildman–Crippen MR) is 140 cm³/mol. The summed E-state index contributed by atoms with van der Waals surface area (Å²) in [7, 11) is 0. The molecule has 0 aromatic heterocycles. The number of rotatable bonds is 14. The second-order valence-electron chi connectivity index (χ2n) is 13.3. The van der Waals surface area contributed by atoms with Crippen LogP contribution >= 0.6 is 0 Å². The van der Waals surface area contributed by atoms with Crippen LogP contribution in [0.2, 0.25) is 0 Å². The van der Waals surface area contributed by atoms with Crippen molar-refractivity contribution in [1.82, 2.24) is 10.2 Å². The number of nitrogens with one attached hydrogen (secondary N) is 1. The van der Waals surface area contributed by atoms with Crippen molar-refractivity contribution in [1.29, 1.82) is 0 Å². The Bertz CT molecular complexity index is 638. The minimum atomic E-state index is -0.543. The van der Waals surface area contributed by atoms with Gasteiger partial charge in [-0.25, -0.2) is 0 Å². The third-order valence-corrected chi connectivity index (χ3v) is 6.59. The van der Waals surface area contributed by atoms with Crippen LogP contribution in [-0.4, -0.2) is 53.5 Å². The number of hydrogen-bond acceptors (Lipinski definition) is 5. The molecule has 0 fully saturated rings. The number of Topliss-reactive ketones (excluding diaryl/α,β-unsaturated/α-hetero) is 3. The minimum absolute atomic E-state index is 0.0466. The van der Waals surface area contributed by atoms with E-state index in [-0.39, 0.29) is 41.9 Å². The fourth-order valence-corrected chi connectivity index (χ4v) is 4.37. The largest absolute Gasteiger partial charge is 0.312 e. The Hall–Kier alpha value is -1.07. The zero-order chi connectivity index (χ0) is 26.4. The first-order valence-electron chi connectivity index (χ1n) is 12.8. The van der Waals surface area contributed by atoms with Crippen LogP contribution in [0.25, 0.3) is 0 Å². The normalized spacial score (nSPS) is 15.5. The Balaban J connectivity index is 6.49. The van der Waals surface area contributed by atoms with Crippen LogP contribution in [-0.2, 0) is 14.4 Å². The minimum Gasteiger partial charge on any atom is -0.312 e. The number of carbonyl (C=O) groups excluding carboxylic acids is 3. The van der Waals surface area contributed by atoms with Gasteiger partial charge in [0.15, 0.2) is 17.3 Å². The van der Waals surface area contributed by atoms with E-state index in [0.29, 0.717) is 0 Å². The van der Waals surface area contributed by atoms with Crippen LogP contribution in [0.15, 0.2) is 0 Å². The molecule has 5 nitrogen and oxygen atoms in total. The fraction of sp³-hybridized carbons (Fsp3) is 0.893. The number of hydrogen-bond donors (Lipinski definition) is 1. The van der Waals surface area contributed by atoms with Crippen LogP contribution in [0.5, 0.6) is 0 Å². The van der Waals surface area contributed by atoms with Gasteiger partial charge in [0, 0.05) is 22.3 Å². The second-order valence-corrected chi connectivity index (χ2v) is 13.3. The van der Waals surface area contributed by atoms with Crippen LogP contribution in [0.4, 0.5) is 0 Å². The van der Waals surface area contributed by atoms with Gasteiger partial charge < -0.3 is 5.32 Å². The van der Waals surface area contributed by atoms with E-state index in [2.05, 4.69) is 39.9 Å². The summed E-state index contributed by atoms with van der Waals surface area (Å²) in [6, 6.07) is -0.521. The van der Waals surface area contributed by atoms with E-state index < -0.39 is 22.3 Å². The van der Waals surface area contributed by atoms with Gasteiger partial charge in [-0.1, -0.05) is 76.2 Å². The SMILES string of the molecule is CCCNC(C)(C)CC(C)(C)C(C(=O)C(C)CC)N(CC(=O)C(C)(C)C)CC(=O)C(C)(C)C. The molecule has 0 aliphatic heterocycles. The fourth-order valence-electron chi connectivity index (χ4n) is 4.37. The lowest BCUT2D eigenvalue weighted by atomic mass is 9.70. The van der Waals surface area contributed by atoms with E-state index in [1.165, 1.54) is 0 Å². The topological polar surface area (TPSA) is 66.5 Å². The monoisotopic (exact) mass is 466 g/mol. The smallest absolute Gasteiger partial charge is 0.153 e. The van der Waals surface area contributed by atoms with Crippen LogP contribution in [0, 0.1) is 22.2 Å². The highest BCUT2D eigenvalue weighted by Crippen LogP contribution is 2.37. The Labute approximate surface area is 204 Å². The van der Waals surface area contributed by atoms with E-state index in [4.69, 9.17) is 0 Å². The highest BCUT2D eigenvalue weighted by Gasteiger charge is 2.45. The lowest BCUT2D eigenvalue weighted by Gasteiger charge is -2.46. The quantitative estimate of drug-likeness (QED) is 0.356. The van der Waals surface area contributed by atoms with Gasteiger partial charge in [0.25, 0.3) is 0 Å². The molecule has 0 aliphatic rings. The van der Waals surface area contributed by atoms with Gasteiger partial charge in [0.05, 0.1) is 19.1 Å². The van der Waals surface area contributed by atoms with Crippen molar-refractivity contribution < 1.29 is 14.4 Å². The van der Waals surface area contributed by atoms with E-state index in [0.717, 1.165) is 25.8 Å². The molecule has 0 spiro atoms. The van der Waals surface area contributed by atoms with Gasteiger partial charge in [0.1, 0.15) is 0 Å². The second kappa shape index (κ2) is 12.1. The molecule has 0 aromatic carbocycles. The van der Waals surface area contributed by atoms with Crippen LogP contribution in [0.3, 0.4) is 0 Å². The maximum absolute atomic E-state index is 13.8. The Morgan fingerprint density at radius 3 is 1.55 bits per heavy atom. The molecular formula is C28H54N2O3. The lowest BCUT2D eigenvalue weighted by molar-refractivity contribution is -0.139. The molecule has 0 bridgehead atoms. The first-order chi connectivity index (χ1) is 14.7. The van der Waals surface area contributed by atoms with Gasteiger partial charge in [-0.2, -0.15) is 0 Å². The zero-order valence-electron chi connectivity index (χ0n) is 24.1.